The average molecular weight is 244 g/mol. The van der Waals surface area contributed by atoms with Gasteiger partial charge >= 0.3 is 0 Å². The molecule has 3 rings (SSSR count). The average Bonchev–Trinajstić information content (AvgIpc) is 2.71. The number of piperidine rings is 1. The second kappa shape index (κ2) is 4.28. The molecule has 2 atom stereocenters. The van der Waals surface area contributed by atoms with Gasteiger partial charge in [-0.15, -0.1) is 0 Å². The minimum absolute atomic E-state index is 0.249. The molecule has 2 heterocycles. The summed E-state index contributed by atoms with van der Waals surface area (Å²) in [6.07, 6.45) is 1.14. The van der Waals surface area contributed by atoms with Gasteiger partial charge in [0.15, 0.2) is 0 Å². The van der Waals surface area contributed by atoms with Gasteiger partial charge in [0.2, 0.25) is 5.95 Å². The number of fused-ring (bicyclic) bond motifs is 1. The number of imidazole rings is 1. The molecule has 1 aromatic carbocycles. The summed E-state index contributed by atoms with van der Waals surface area (Å²) in [5, 5.41) is 0. The quantitative estimate of drug-likeness (QED) is 0.831. The highest BCUT2D eigenvalue weighted by atomic mass is 15.3. The first-order chi connectivity index (χ1) is 8.66. The Morgan fingerprint density at radius 1 is 1.33 bits per heavy atom. The predicted octanol–water partition coefficient (Wildman–Crippen LogP) is 1.75. The molecule has 96 valence electrons. The lowest BCUT2D eigenvalue weighted by molar-refractivity contribution is 0.375. The first kappa shape index (κ1) is 11.5. The SMILES string of the molecule is CC1CCN(c2nc3ccccc3n2C)CC1N. The maximum Gasteiger partial charge on any atom is 0.206 e. The van der Waals surface area contributed by atoms with Crippen LogP contribution in [0.4, 0.5) is 5.95 Å². The van der Waals surface area contributed by atoms with Crippen LogP contribution in [-0.2, 0) is 7.05 Å². The van der Waals surface area contributed by atoms with Crippen molar-refractivity contribution in [2.75, 3.05) is 18.0 Å². The van der Waals surface area contributed by atoms with Crippen molar-refractivity contribution in [1.29, 1.82) is 0 Å². The van der Waals surface area contributed by atoms with Gasteiger partial charge in [0.1, 0.15) is 0 Å². The van der Waals surface area contributed by atoms with Crippen LogP contribution in [0.2, 0.25) is 0 Å². The van der Waals surface area contributed by atoms with Crippen LogP contribution < -0.4 is 10.6 Å². The van der Waals surface area contributed by atoms with E-state index >= 15 is 0 Å². The van der Waals surface area contributed by atoms with Crippen LogP contribution in [0.1, 0.15) is 13.3 Å². The van der Waals surface area contributed by atoms with Crippen molar-refractivity contribution in [3.8, 4) is 0 Å². The van der Waals surface area contributed by atoms with Gasteiger partial charge in [0.25, 0.3) is 0 Å². The molecule has 0 amide bonds. The fraction of sp³-hybridized carbons (Fsp3) is 0.500. The molecule has 4 heteroatoms. The van der Waals surface area contributed by atoms with E-state index in [1.807, 2.05) is 6.07 Å². The van der Waals surface area contributed by atoms with Crippen LogP contribution in [0.15, 0.2) is 24.3 Å². The van der Waals surface area contributed by atoms with Gasteiger partial charge in [-0.2, -0.15) is 0 Å². The van der Waals surface area contributed by atoms with E-state index in [1.165, 1.54) is 5.52 Å². The normalized spacial score (nSPS) is 24.7. The Balaban J connectivity index is 1.97. The summed E-state index contributed by atoms with van der Waals surface area (Å²) in [5.41, 5.74) is 8.41. The lowest BCUT2D eigenvalue weighted by Crippen LogP contribution is -2.48. The summed E-state index contributed by atoms with van der Waals surface area (Å²) < 4.78 is 2.16. The van der Waals surface area contributed by atoms with Crippen molar-refractivity contribution in [1.82, 2.24) is 9.55 Å². The topological polar surface area (TPSA) is 47.1 Å². The fourth-order valence-corrected chi connectivity index (χ4v) is 2.70. The van der Waals surface area contributed by atoms with E-state index in [0.29, 0.717) is 5.92 Å². The van der Waals surface area contributed by atoms with Gasteiger partial charge < -0.3 is 15.2 Å². The summed E-state index contributed by atoms with van der Waals surface area (Å²) in [5.74, 6) is 1.65. The molecule has 0 bridgehead atoms. The maximum atomic E-state index is 6.17. The Kier molecular flexibility index (Phi) is 2.74. The molecule has 0 saturated carbocycles. The van der Waals surface area contributed by atoms with E-state index < -0.39 is 0 Å². The number of anilines is 1. The summed E-state index contributed by atoms with van der Waals surface area (Å²) in [4.78, 5) is 7.04. The van der Waals surface area contributed by atoms with Crippen LogP contribution in [0.5, 0.6) is 0 Å². The van der Waals surface area contributed by atoms with E-state index in [9.17, 15) is 0 Å². The van der Waals surface area contributed by atoms with Gasteiger partial charge in [-0.3, -0.25) is 0 Å². The Morgan fingerprint density at radius 3 is 2.83 bits per heavy atom. The van der Waals surface area contributed by atoms with Gasteiger partial charge in [-0.1, -0.05) is 19.1 Å². The molecule has 0 spiro atoms. The second-order valence-corrected chi connectivity index (χ2v) is 5.34. The monoisotopic (exact) mass is 244 g/mol. The Labute approximate surface area is 107 Å². The molecular formula is C14H20N4. The highest BCUT2D eigenvalue weighted by Crippen LogP contribution is 2.25. The number of aromatic nitrogens is 2. The van der Waals surface area contributed by atoms with Crippen molar-refractivity contribution in [3.05, 3.63) is 24.3 Å². The van der Waals surface area contributed by atoms with Crippen molar-refractivity contribution < 1.29 is 0 Å². The summed E-state index contributed by atoms with van der Waals surface area (Å²) in [7, 11) is 2.08. The third-order valence-electron chi connectivity index (χ3n) is 4.06. The molecule has 1 fully saturated rings. The molecule has 2 unspecified atom stereocenters. The van der Waals surface area contributed by atoms with Gasteiger partial charge in [0, 0.05) is 26.2 Å². The number of hydrogen-bond donors (Lipinski definition) is 1. The van der Waals surface area contributed by atoms with Crippen LogP contribution in [0, 0.1) is 5.92 Å². The third kappa shape index (κ3) is 1.77. The minimum atomic E-state index is 0.249. The smallest absolute Gasteiger partial charge is 0.206 e. The van der Waals surface area contributed by atoms with E-state index in [0.717, 1.165) is 31.0 Å². The summed E-state index contributed by atoms with van der Waals surface area (Å²) in [6.45, 7) is 4.18. The summed E-state index contributed by atoms with van der Waals surface area (Å²) in [6, 6.07) is 8.50. The molecule has 2 aromatic rings. The van der Waals surface area contributed by atoms with Crippen LogP contribution in [0.25, 0.3) is 11.0 Å². The zero-order valence-corrected chi connectivity index (χ0v) is 11.0. The zero-order chi connectivity index (χ0) is 12.7. The first-order valence-electron chi connectivity index (χ1n) is 6.59. The fourth-order valence-electron chi connectivity index (χ4n) is 2.70. The zero-order valence-electron chi connectivity index (χ0n) is 11.0. The second-order valence-electron chi connectivity index (χ2n) is 5.34. The molecule has 18 heavy (non-hydrogen) atoms. The van der Waals surface area contributed by atoms with Crippen molar-refractivity contribution in [2.24, 2.45) is 18.7 Å². The predicted molar refractivity (Wildman–Crippen MR) is 74.7 cm³/mol. The number of nitrogens with two attached hydrogens (primary N) is 1. The van der Waals surface area contributed by atoms with E-state index in [4.69, 9.17) is 10.7 Å². The molecule has 1 aliphatic heterocycles. The van der Waals surface area contributed by atoms with Crippen LogP contribution >= 0.6 is 0 Å². The molecular weight excluding hydrogens is 224 g/mol. The van der Waals surface area contributed by atoms with Crippen LogP contribution in [-0.4, -0.2) is 28.7 Å². The Morgan fingerprint density at radius 2 is 2.11 bits per heavy atom. The van der Waals surface area contributed by atoms with E-state index in [1.54, 1.807) is 0 Å². The molecule has 1 aliphatic rings. The highest BCUT2D eigenvalue weighted by Gasteiger charge is 2.25. The molecule has 0 radical (unpaired) electrons. The van der Waals surface area contributed by atoms with Gasteiger partial charge in [0.05, 0.1) is 11.0 Å². The minimum Gasteiger partial charge on any atom is -0.341 e. The van der Waals surface area contributed by atoms with Crippen molar-refractivity contribution in [2.45, 2.75) is 19.4 Å². The van der Waals surface area contributed by atoms with Crippen LogP contribution in [0.3, 0.4) is 0 Å². The highest BCUT2D eigenvalue weighted by molar-refractivity contribution is 5.78. The van der Waals surface area contributed by atoms with Crippen molar-refractivity contribution in [3.63, 3.8) is 0 Å². The number of para-hydroxylation sites is 2. The van der Waals surface area contributed by atoms with Crippen molar-refractivity contribution >= 4 is 17.0 Å². The lowest BCUT2D eigenvalue weighted by atomic mass is 9.94. The number of benzene rings is 1. The third-order valence-corrected chi connectivity index (χ3v) is 4.06. The molecule has 4 nitrogen and oxygen atoms in total. The number of rotatable bonds is 1. The Hall–Kier alpha value is -1.55. The van der Waals surface area contributed by atoms with E-state index in [-0.39, 0.29) is 6.04 Å². The largest absolute Gasteiger partial charge is 0.341 e. The van der Waals surface area contributed by atoms with E-state index in [2.05, 4.69) is 41.6 Å². The molecule has 2 N–H and O–H groups in total. The number of hydrogen-bond acceptors (Lipinski definition) is 3. The first-order valence-corrected chi connectivity index (χ1v) is 6.59. The maximum absolute atomic E-state index is 6.17. The van der Waals surface area contributed by atoms with Gasteiger partial charge in [-0.05, 0) is 24.5 Å². The lowest BCUT2D eigenvalue weighted by Gasteiger charge is -2.35. The molecule has 1 aromatic heterocycles. The van der Waals surface area contributed by atoms with Gasteiger partial charge in [-0.25, -0.2) is 4.98 Å². The molecule has 1 saturated heterocycles. The Bertz CT molecular complexity index is 560. The summed E-state index contributed by atoms with van der Waals surface area (Å²) >= 11 is 0. The number of aryl methyl sites for hydroxylation is 1. The molecule has 0 aliphatic carbocycles. The number of nitrogens with zero attached hydrogens (tertiary/aromatic N) is 3. The standard InChI is InChI=1S/C14H20N4/c1-10-7-8-18(9-11(10)15)14-16-12-5-3-4-6-13(12)17(14)2/h3-6,10-11H,7-9,15H2,1-2H3.